The van der Waals surface area contributed by atoms with Crippen molar-refractivity contribution >= 4 is 44.2 Å². The first-order valence-electron chi connectivity index (χ1n) is 9.16. The van der Waals surface area contributed by atoms with E-state index in [1.165, 1.54) is 11.3 Å². The van der Waals surface area contributed by atoms with Crippen LogP contribution in [0.15, 0.2) is 36.4 Å². The van der Waals surface area contributed by atoms with Crippen molar-refractivity contribution in [3.05, 3.63) is 47.0 Å². The third-order valence-corrected chi connectivity index (χ3v) is 5.91. The maximum absolute atomic E-state index is 13.0. The van der Waals surface area contributed by atoms with Crippen molar-refractivity contribution in [1.82, 2.24) is 9.88 Å². The molecule has 6 nitrogen and oxygen atoms in total. The number of nitrogens with zero attached hydrogens (tertiary/aromatic N) is 3. The van der Waals surface area contributed by atoms with Gasteiger partial charge < -0.3 is 14.4 Å². The second kappa shape index (κ2) is 9.43. The summed E-state index contributed by atoms with van der Waals surface area (Å²) in [6.07, 6.45) is 0. The Balaban J connectivity index is 1.80. The third kappa shape index (κ3) is 5.18. The zero-order valence-electron chi connectivity index (χ0n) is 16.9. The number of anilines is 1. The smallest absolute Gasteiger partial charge is 0.266 e. The summed E-state index contributed by atoms with van der Waals surface area (Å²) in [5, 5.41) is 1.32. The van der Waals surface area contributed by atoms with Crippen LogP contribution in [0.2, 0.25) is 5.02 Å². The van der Waals surface area contributed by atoms with Crippen LogP contribution in [-0.4, -0.2) is 56.7 Å². The first-order valence-corrected chi connectivity index (χ1v) is 10.4. The summed E-state index contributed by atoms with van der Waals surface area (Å²) in [6, 6.07) is 10.9. The van der Waals surface area contributed by atoms with Crippen molar-refractivity contribution in [3.8, 4) is 11.5 Å². The van der Waals surface area contributed by atoms with E-state index in [0.717, 1.165) is 21.5 Å². The third-order valence-electron chi connectivity index (χ3n) is 4.46. The zero-order chi connectivity index (χ0) is 21.0. The Kier molecular flexibility index (Phi) is 6.95. The number of likely N-dealkylation sites (N-methyl/N-ethyl adjacent to an activating group) is 1. The molecule has 0 atom stereocenters. The molecule has 154 valence electrons. The predicted molar refractivity (Wildman–Crippen MR) is 119 cm³/mol. The molecule has 29 heavy (non-hydrogen) atoms. The van der Waals surface area contributed by atoms with Crippen LogP contribution in [-0.2, 0) is 4.79 Å². The van der Waals surface area contributed by atoms with Gasteiger partial charge in [-0.05, 0) is 63.0 Å². The average molecular weight is 434 g/mol. The molecule has 0 saturated carbocycles. The number of aryl methyl sites for hydroxylation is 1. The first kappa shape index (κ1) is 21.4. The fraction of sp³-hybridized carbons (Fsp3) is 0.333. The Morgan fingerprint density at radius 1 is 1.10 bits per heavy atom. The largest absolute Gasteiger partial charge is 0.497 e. The predicted octanol–water partition coefficient (Wildman–Crippen LogP) is 4.24. The molecule has 0 radical (unpaired) electrons. The maximum atomic E-state index is 13.0. The van der Waals surface area contributed by atoms with Crippen molar-refractivity contribution in [3.63, 3.8) is 0 Å². The number of hydrogen-bond acceptors (Lipinski definition) is 6. The van der Waals surface area contributed by atoms with E-state index in [1.54, 1.807) is 36.3 Å². The van der Waals surface area contributed by atoms with Crippen LogP contribution in [0.4, 0.5) is 5.13 Å². The Hall–Kier alpha value is -2.35. The van der Waals surface area contributed by atoms with Gasteiger partial charge in [-0.2, -0.15) is 0 Å². The lowest BCUT2D eigenvalue weighted by Gasteiger charge is -2.22. The number of benzene rings is 2. The molecule has 0 unspecified atom stereocenters. The van der Waals surface area contributed by atoms with Gasteiger partial charge in [-0.3, -0.25) is 9.69 Å². The molecule has 0 aliphatic heterocycles. The highest BCUT2D eigenvalue weighted by Gasteiger charge is 2.21. The van der Waals surface area contributed by atoms with E-state index in [4.69, 9.17) is 26.1 Å². The number of thiazole rings is 1. The van der Waals surface area contributed by atoms with Crippen molar-refractivity contribution in [2.24, 2.45) is 0 Å². The molecule has 0 aliphatic carbocycles. The quantitative estimate of drug-likeness (QED) is 0.531. The molecule has 0 fully saturated rings. The number of aromatic nitrogens is 1. The molecule has 3 aromatic rings. The highest BCUT2D eigenvalue weighted by molar-refractivity contribution is 7.22. The fourth-order valence-electron chi connectivity index (χ4n) is 2.73. The monoisotopic (exact) mass is 433 g/mol. The molecule has 0 spiro atoms. The van der Waals surface area contributed by atoms with Crippen molar-refractivity contribution < 1.29 is 14.3 Å². The number of hydrogen-bond donors (Lipinski definition) is 0. The number of rotatable bonds is 8. The molecule has 1 heterocycles. The Morgan fingerprint density at radius 3 is 2.45 bits per heavy atom. The topological polar surface area (TPSA) is 54.9 Å². The normalized spacial score (nSPS) is 11.1. The van der Waals surface area contributed by atoms with Crippen LogP contribution in [0.5, 0.6) is 11.5 Å². The van der Waals surface area contributed by atoms with E-state index in [1.807, 2.05) is 38.1 Å². The molecule has 1 aromatic heterocycles. The Bertz CT molecular complexity index is 989. The van der Waals surface area contributed by atoms with Gasteiger partial charge in [0.2, 0.25) is 0 Å². The Morgan fingerprint density at radius 2 is 1.79 bits per heavy atom. The van der Waals surface area contributed by atoms with E-state index in [9.17, 15) is 4.79 Å². The second-order valence-electron chi connectivity index (χ2n) is 6.83. The van der Waals surface area contributed by atoms with Gasteiger partial charge in [-0.15, -0.1) is 0 Å². The van der Waals surface area contributed by atoms with Crippen molar-refractivity contribution in [2.45, 2.75) is 6.92 Å². The van der Waals surface area contributed by atoms with Gasteiger partial charge in [0.1, 0.15) is 11.5 Å². The zero-order valence-corrected chi connectivity index (χ0v) is 18.5. The van der Waals surface area contributed by atoms with Crippen LogP contribution in [0.1, 0.15) is 5.56 Å². The van der Waals surface area contributed by atoms with Gasteiger partial charge in [0.05, 0.1) is 17.3 Å². The second-order valence-corrected chi connectivity index (χ2v) is 8.24. The summed E-state index contributed by atoms with van der Waals surface area (Å²) in [4.78, 5) is 21.4. The van der Waals surface area contributed by atoms with Crippen molar-refractivity contribution in [1.29, 1.82) is 0 Å². The molecular formula is C21H24ClN3O3S. The highest BCUT2D eigenvalue weighted by Crippen LogP contribution is 2.33. The fourth-order valence-corrected chi connectivity index (χ4v) is 3.95. The Labute approximate surface area is 179 Å². The lowest BCUT2D eigenvalue weighted by molar-refractivity contribution is -0.120. The molecule has 0 N–H and O–H groups in total. The molecule has 1 amide bonds. The van der Waals surface area contributed by atoms with Gasteiger partial charge in [-0.25, -0.2) is 4.98 Å². The number of halogens is 1. The molecule has 3 rings (SSSR count). The molecule has 0 aliphatic rings. The van der Waals surface area contributed by atoms with Crippen LogP contribution < -0.4 is 14.4 Å². The van der Waals surface area contributed by atoms with E-state index in [2.05, 4.69) is 0 Å². The molecule has 8 heteroatoms. The summed E-state index contributed by atoms with van der Waals surface area (Å²) in [6.45, 7) is 3.09. The first-order chi connectivity index (χ1) is 13.9. The van der Waals surface area contributed by atoms with Gasteiger partial charge in [-0.1, -0.05) is 22.9 Å². The molecule has 0 bridgehead atoms. The number of methoxy groups -OCH3 is 1. The lowest BCUT2D eigenvalue weighted by atomic mass is 10.2. The van der Waals surface area contributed by atoms with Crippen LogP contribution in [0, 0.1) is 6.92 Å². The summed E-state index contributed by atoms with van der Waals surface area (Å²) < 4.78 is 11.8. The van der Waals surface area contributed by atoms with E-state index in [0.29, 0.717) is 29.0 Å². The number of carbonyl (C=O) groups is 1. The summed E-state index contributed by atoms with van der Waals surface area (Å²) in [5.41, 5.74) is 1.75. The van der Waals surface area contributed by atoms with Gasteiger partial charge in [0, 0.05) is 18.1 Å². The maximum Gasteiger partial charge on any atom is 0.266 e. The average Bonchev–Trinajstić information content (AvgIpc) is 3.14. The van der Waals surface area contributed by atoms with Crippen LogP contribution >= 0.6 is 22.9 Å². The number of ether oxygens (including phenoxy) is 2. The summed E-state index contributed by atoms with van der Waals surface area (Å²) in [7, 11) is 5.55. The minimum atomic E-state index is -0.148. The number of fused-ring (bicyclic) bond motifs is 1. The minimum Gasteiger partial charge on any atom is -0.497 e. The summed E-state index contributed by atoms with van der Waals surface area (Å²) in [5.74, 6) is 1.20. The van der Waals surface area contributed by atoms with Gasteiger partial charge in [0.15, 0.2) is 11.7 Å². The standard InChI is InChI=1S/C21H24ClN3O3S/c1-14-17(22)9-10-18-20(14)23-21(29-18)25(12-11-24(2)3)19(26)13-28-16-7-5-15(27-4)6-8-16/h5-10H,11-13H2,1-4H3. The lowest BCUT2D eigenvalue weighted by Crippen LogP contribution is -2.39. The van der Waals surface area contributed by atoms with Gasteiger partial charge >= 0.3 is 0 Å². The minimum absolute atomic E-state index is 0.0740. The van der Waals surface area contributed by atoms with Crippen LogP contribution in [0.3, 0.4) is 0 Å². The van der Waals surface area contributed by atoms with E-state index >= 15 is 0 Å². The van der Waals surface area contributed by atoms with Crippen molar-refractivity contribution in [2.75, 3.05) is 45.8 Å². The van der Waals surface area contributed by atoms with Crippen LogP contribution in [0.25, 0.3) is 10.2 Å². The number of amides is 1. The highest BCUT2D eigenvalue weighted by atomic mass is 35.5. The van der Waals surface area contributed by atoms with E-state index < -0.39 is 0 Å². The molecule has 2 aromatic carbocycles. The molecule has 0 saturated heterocycles. The SMILES string of the molecule is COc1ccc(OCC(=O)N(CCN(C)C)c2nc3c(C)c(Cl)ccc3s2)cc1. The molecular weight excluding hydrogens is 410 g/mol. The van der Waals surface area contributed by atoms with E-state index in [-0.39, 0.29) is 12.5 Å². The van der Waals surface area contributed by atoms with Gasteiger partial charge in [0.25, 0.3) is 5.91 Å². The number of carbonyl (C=O) groups excluding carboxylic acids is 1. The summed E-state index contributed by atoms with van der Waals surface area (Å²) >= 11 is 7.71.